The molecule has 1 aromatic heterocycles. The third kappa shape index (κ3) is 2.16. The van der Waals surface area contributed by atoms with E-state index in [2.05, 4.69) is 28.7 Å². The summed E-state index contributed by atoms with van der Waals surface area (Å²) in [6, 6.07) is 6.11. The molecule has 1 heterocycles. The Balaban J connectivity index is 2.51. The van der Waals surface area contributed by atoms with Crippen LogP contribution in [0.2, 0.25) is 0 Å². The van der Waals surface area contributed by atoms with Gasteiger partial charge in [-0.2, -0.15) is 0 Å². The van der Waals surface area contributed by atoms with Crippen molar-refractivity contribution in [3.8, 4) is 0 Å². The smallest absolute Gasteiger partial charge is 0.176 e. The second-order valence-corrected chi connectivity index (χ2v) is 4.78. The molecule has 0 unspecified atom stereocenters. The van der Waals surface area contributed by atoms with Crippen LogP contribution >= 0.6 is 0 Å². The molecule has 0 saturated heterocycles. The lowest BCUT2D eigenvalue weighted by atomic mass is 10.1. The molecular formula is C14H19N3O. The number of rotatable bonds is 4. The Morgan fingerprint density at radius 2 is 2.17 bits per heavy atom. The van der Waals surface area contributed by atoms with Crippen LogP contribution < -0.4 is 5.32 Å². The van der Waals surface area contributed by atoms with Crippen molar-refractivity contribution >= 4 is 16.8 Å². The summed E-state index contributed by atoms with van der Waals surface area (Å²) in [7, 11) is 1.77. The van der Waals surface area contributed by atoms with Gasteiger partial charge in [-0.15, -0.1) is 0 Å². The Morgan fingerprint density at radius 1 is 1.44 bits per heavy atom. The SMILES string of the molecule is CNCC(=O)c1ccc2c(c1)nc(C)n2C(C)C. The molecule has 0 spiro atoms. The molecule has 18 heavy (non-hydrogen) atoms. The van der Waals surface area contributed by atoms with Gasteiger partial charge in [0, 0.05) is 11.6 Å². The number of nitrogens with one attached hydrogen (secondary N) is 1. The van der Waals surface area contributed by atoms with Gasteiger partial charge < -0.3 is 9.88 Å². The van der Waals surface area contributed by atoms with E-state index in [0.717, 1.165) is 16.9 Å². The quantitative estimate of drug-likeness (QED) is 0.841. The lowest BCUT2D eigenvalue weighted by Crippen LogP contribution is -2.18. The predicted octanol–water partition coefficient (Wildman–Crippen LogP) is 2.33. The molecule has 0 fully saturated rings. The minimum Gasteiger partial charge on any atom is -0.326 e. The summed E-state index contributed by atoms with van der Waals surface area (Å²) in [4.78, 5) is 16.3. The molecule has 4 heteroatoms. The number of likely N-dealkylation sites (N-methyl/N-ethyl adjacent to an activating group) is 1. The highest BCUT2D eigenvalue weighted by Gasteiger charge is 2.12. The number of carbonyl (C=O) groups is 1. The lowest BCUT2D eigenvalue weighted by Gasteiger charge is -2.10. The summed E-state index contributed by atoms with van der Waals surface area (Å²) >= 11 is 0. The number of hydrogen-bond donors (Lipinski definition) is 1. The van der Waals surface area contributed by atoms with Gasteiger partial charge in [-0.05, 0) is 46.0 Å². The Hall–Kier alpha value is -1.68. The van der Waals surface area contributed by atoms with Crippen LogP contribution in [-0.4, -0.2) is 28.9 Å². The number of carbonyl (C=O) groups excluding carboxylic acids is 1. The van der Waals surface area contributed by atoms with Crippen LogP contribution in [0.4, 0.5) is 0 Å². The maximum Gasteiger partial charge on any atom is 0.176 e. The molecule has 0 bridgehead atoms. The van der Waals surface area contributed by atoms with Crippen LogP contribution in [0.25, 0.3) is 11.0 Å². The molecule has 0 aliphatic heterocycles. The summed E-state index contributed by atoms with van der Waals surface area (Å²) in [6.45, 7) is 6.62. The third-order valence-corrected chi connectivity index (χ3v) is 3.04. The molecule has 0 amide bonds. The Bertz CT molecular complexity index is 584. The van der Waals surface area contributed by atoms with Crippen molar-refractivity contribution in [1.82, 2.24) is 14.9 Å². The maximum atomic E-state index is 11.8. The lowest BCUT2D eigenvalue weighted by molar-refractivity contribution is 0.0993. The number of imidazole rings is 1. The van der Waals surface area contributed by atoms with Crippen LogP contribution in [0.5, 0.6) is 0 Å². The molecular weight excluding hydrogens is 226 g/mol. The molecule has 0 aliphatic carbocycles. The highest BCUT2D eigenvalue weighted by atomic mass is 16.1. The van der Waals surface area contributed by atoms with Crippen molar-refractivity contribution in [3.05, 3.63) is 29.6 Å². The van der Waals surface area contributed by atoms with E-state index >= 15 is 0 Å². The number of ketones is 1. The van der Waals surface area contributed by atoms with Gasteiger partial charge in [0.25, 0.3) is 0 Å². The average Bonchev–Trinajstić information content (AvgIpc) is 2.63. The van der Waals surface area contributed by atoms with E-state index in [1.54, 1.807) is 7.05 Å². The van der Waals surface area contributed by atoms with Gasteiger partial charge in [-0.1, -0.05) is 0 Å². The second kappa shape index (κ2) is 4.90. The van der Waals surface area contributed by atoms with Crippen LogP contribution in [0.15, 0.2) is 18.2 Å². The van der Waals surface area contributed by atoms with E-state index in [4.69, 9.17) is 0 Å². The first kappa shape index (κ1) is 12.8. The van der Waals surface area contributed by atoms with E-state index in [-0.39, 0.29) is 5.78 Å². The van der Waals surface area contributed by atoms with Crippen LogP contribution in [0, 0.1) is 6.92 Å². The summed E-state index contributed by atoms with van der Waals surface area (Å²) in [6.07, 6.45) is 0. The molecule has 0 aliphatic rings. The normalized spacial score (nSPS) is 11.4. The van der Waals surface area contributed by atoms with Gasteiger partial charge in [-0.25, -0.2) is 4.98 Å². The number of benzene rings is 1. The van der Waals surface area contributed by atoms with E-state index in [9.17, 15) is 4.79 Å². The van der Waals surface area contributed by atoms with Gasteiger partial charge in [0.15, 0.2) is 5.78 Å². The number of fused-ring (bicyclic) bond motifs is 1. The molecule has 1 aromatic carbocycles. The highest BCUT2D eigenvalue weighted by molar-refractivity contribution is 6.00. The number of nitrogens with zero attached hydrogens (tertiary/aromatic N) is 2. The van der Waals surface area contributed by atoms with E-state index < -0.39 is 0 Å². The minimum absolute atomic E-state index is 0.0937. The maximum absolute atomic E-state index is 11.8. The largest absolute Gasteiger partial charge is 0.326 e. The molecule has 1 N–H and O–H groups in total. The first-order valence-corrected chi connectivity index (χ1v) is 6.21. The zero-order valence-electron chi connectivity index (χ0n) is 11.3. The van der Waals surface area contributed by atoms with Crippen molar-refractivity contribution in [2.45, 2.75) is 26.8 Å². The van der Waals surface area contributed by atoms with Crippen molar-refractivity contribution in [2.75, 3.05) is 13.6 Å². The van der Waals surface area contributed by atoms with E-state index in [0.29, 0.717) is 18.2 Å². The summed E-state index contributed by atoms with van der Waals surface area (Å²) < 4.78 is 2.18. The minimum atomic E-state index is 0.0937. The number of aromatic nitrogens is 2. The highest BCUT2D eigenvalue weighted by Crippen LogP contribution is 2.21. The van der Waals surface area contributed by atoms with Crippen LogP contribution in [0.1, 0.15) is 36.1 Å². The second-order valence-electron chi connectivity index (χ2n) is 4.78. The first-order valence-electron chi connectivity index (χ1n) is 6.21. The van der Waals surface area contributed by atoms with Crippen molar-refractivity contribution in [3.63, 3.8) is 0 Å². The van der Waals surface area contributed by atoms with Crippen molar-refractivity contribution in [1.29, 1.82) is 0 Å². The van der Waals surface area contributed by atoms with Gasteiger partial charge in [0.2, 0.25) is 0 Å². The van der Waals surface area contributed by atoms with Crippen LogP contribution in [0.3, 0.4) is 0 Å². The van der Waals surface area contributed by atoms with Crippen LogP contribution in [-0.2, 0) is 0 Å². The van der Waals surface area contributed by atoms with E-state index in [1.807, 2.05) is 25.1 Å². The van der Waals surface area contributed by atoms with E-state index in [1.165, 1.54) is 0 Å². The van der Waals surface area contributed by atoms with Crippen molar-refractivity contribution in [2.24, 2.45) is 0 Å². The molecule has 96 valence electrons. The fourth-order valence-electron chi connectivity index (χ4n) is 2.31. The Kier molecular flexibility index (Phi) is 3.48. The number of hydrogen-bond acceptors (Lipinski definition) is 3. The molecule has 2 aromatic rings. The molecule has 0 saturated carbocycles. The first-order chi connectivity index (χ1) is 8.54. The monoisotopic (exact) mass is 245 g/mol. The summed E-state index contributed by atoms with van der Waals surface area (Å²) in [5.74, 6) is 1.08. The average molecular weight is 245 g/mol. The fraction of sp³-hybridized carbons (Fsp3) is 0.429. The van der Waals surface area contributed by atoms with Crippen molar-refractivity contribution < 1.29 is 4.79 Å². The van der Waals surface area contributed by atoms with Gasteiger partial charge in [0.1, 0.15) is 5.82 Å². The fourth-order valence-corrected chi connectivity index (χ4v) is 2.31. The van der Waals surface area contributed by atoms with Gasteiger partial charge in [-0.3, -0.25) is 4.79 Å². The number of aryl methyl sites for hydroxylation is 1. The zero-order valence-corrected chi connectivity index (χ0v) is 11.3. The topological polar surface area (TPSA) is 46.9 Å². The van der Waals surface area contributed by atoms with Gasteiger partial charge >= 0.3 is 0 Å². The van der Waals surface area contributed by atoms with Gasteiger partial charge in [0.05, 0.1) is 17.6 Å². The molecule has 0 radical (unpaired) electrons. The Labute approximate surface area is 107 Å². The standard InChI is InChI=1S/C14H19N3O/c1-9(2)17-10(3)16-12-7-11(5-6-13(12)17)14(18)8-15-4/h5-7,9,15H,8H2,1-4H3. The summed E-state index contributed by atoms with van der Waals surface area (Å²) in [5, 5.41) is 2.87. The predicted molar refractivity (Wildman–Crippen MR) is 73.1 cm³/mol. The summed E-state index contributed by atoms with van der Waals surface area (Å²) in [5.41, 5.74) is 2.69. The molecule has 4 nitrogen and oxygen atoms in total. The molecule has 2 rings (SSSR count). The molecule has 0 atom stereocenters. The Morgan fingerprint density at radius 3 is 2.78 bits per heavy atom. The number of Topliss-reactive ketones (excluding diaryl/α,β-unsaturated/α-hetero) is 1. The zero-order chi connectivity index (χ0) is 13.3. The third-order valence-electron chi connectivity index (χ3n) is 3.04.